The average molecular weight is 387 g/mol. The van der Waals surface area contributed by atoms with Gasteiger partial charge in [-0.15, -0.1) is 0 Å². The molecule has 28 heavy (non-hydrogen) atoms. The molecule has 0 aromatic heterocycles. The summed E-state index contributed by atoms with van der Waals surface area (Å²) in [6.07, 6.45) is 0. The molecule has 1 atom stereocenters. The third-order valence-electron chi connectivity index (χ3n) is 4.03. The number of hydrogen-bond donors (Lipinski definition) is 2. The van der Waals surface area contributed by atoms with Crippen LogP contribution in [0.5, 0.6) is 0 Å². The van der Waals surface area contributed by atoms with Gasteiger partial charge in [-0.05, 0) is 36.3 Å². The molecule has 3 aromatic carbocycles. The van der Waals surface area contributed by atoms with Gasteiger partial charge in [-0.2, -0.15) is 5.26 Å². The van der Waals surface area contributed by atoms with Gasteiger partial charge < -0.3 is 10.4 Å². The van der Waals surface area contributed by atoms with Crippen LogP contribution in [0.25, 0.3) is 0 Å². The molecule has 3 rings (SSSR count). The molecule has 0 bridgehead atoms. The van der Waals surface area contributed by atoms with Gasteiger partial charge in [0.25, 0.3) is 5.91 Å². The summed E-state index contributed by atoms with van der Waals surface area (Å²) in [5.41, 5.74) is -0.411. The van der Waals surface area contributed by atoms with Crippen LogP contribution in [0.2, 0.25) is 5.02 Å². The van der Waals surface area contributed by atoms with E-state index in [0.29, 0.717) is 22.4 Å². The molecular weight excluding hydrogens is 372 g/mol. The van der Waals surface area contributed by atoms with Gasteiger partial charge in [0.1, 0.15) is 6.07 Å². The quantitative estimate of drug-likeness (QED) is 0.666. The minimum Gasteiger partial charge on any atom is -0.366 e. The van der Waals surface area contributed by atoms with E-state index in [4.69, 9.17) is 16.9 Å². The Kier molecular flexibility index (Phi) is 5.77. The Labute approximate surface area is 168 Å². The van der Waals surface area contributed by atoms with E-state index in [2.05, 4.69) is 17.2 Å². The Morgan fingerprint density at radius 1 is 1.00 bits per heavy atom. The van der Waals surface area contributed by atoms with Crippen molar-refractivity contribution < 1.29 is 9.90 Å². The minimum atomic E-state index is -2.07. The van der Waals surface area contributed by atoms with Gasteiger partial charge in [0.15, 0.2) is 0 Å². The first kappa shape index (κ1) is 19.2. The maximum atomic E-state index is 13.0. The van der Waals surface area contributed by atoms with Crippen molar-refractivity contribution in [2.24, 2.45) is 0 Å². The zero-order valence-electron chi connectivity index (χ0n) is 14.7. The molecule has 3 aromatic rings. The second-order valence-electron chi connectivity index (χ2n) is 5.95. The lowest BCUT2D eigenvalue weighted by molar-refractivity contribution is -0.129. The van der Waals surface area contributed by atoms with E-state index < -0.39 is 11.5 Å². The molecule has 0 aliphatic heterocycles. The fourth-order valence-electron chi connectivity index (χ4n) is 2.53. The maximum Gasteiger partial charge on any atom is 0.273 e. The zero-order valence-corrected chi connectivity index (χ0v) is 15.4. The van der Waals surface area contributed by atoms with Crippen LogP contribution in [0.4, 0.5) is 5.69 Å². The molecule has 4 nitrogen and oxygen atoms in total. The molecule has 0 radical (unpaired) electrons. The van der Waals surface area contributed by atoms with Crippen molar-refractivity contribution in [1.82, 2.24) is 0 Å². The van der Waals surface area contributed by atoms with Crippen LogP contribution >= 0.6 is 11.6 Å². The predicted molar refractivity (Wildman–Crippen MR) is 108 cm³/mol. The summed E-state index contributed by atoms with van der Waals surface area (Å²) in [7, 11) is 0. The molecule has 0 aliphatic rings. The normalized spacial score (nSPS) is 12.0. The van der Waals surface area contributed by atoms with E-state index in [0.717, 1.165) is 0 Å². The highest BCUT2D eigenvalue weighted by atomic mass is 35.5. The van der Waals surface area contributed by atoms with Crippen molar-refractivity contribution in [1.29, 1.82) is 5.26 Å². The number of benzene rings is 3. The highest BCUT2D eigenvalue weighted by Crippen LogP contribution is 2.25. The van der Waals surface area contributed by atoms with Crippen molar-refractivity contribution in [3.8, 4) is 17.9 Å². The van der Waals surface area contributed by atoms with Crippen LogP contribution < -0.4 is 5.32 Å². The first-order chi connectivity index (χ1) is 13.5. The van der Waals surface area contributed by atoms with Crippen LogP contribution in [-0.4, -0.2) is 11.0 Å². The number of aliphatic hydroxyl groups is 1. The van der Waals surface area contributed by atoms with Gasteiger partial charge in [0, 0.05) is 16.8 Å². The molecule has 0 saturated carbocycles. The highest BCUT2D eigenvalue weighted by molar-refractivity contribution is 6.32. The summed E-state index contributed by atoms with van der Waals surface area (Å²) >= 11 is 6.02. The summed E-state index contributed by atoms with van der Waals surface area (Å²) in [4.78, 5) is 13.0. The molecular formula is C23H15ClN2O2. The molecule has 2 N–H and O–H groups in total. The third-order valence-corrected chi connectivity index (χ3v) is 4.34. The highest BCUT2D eigenvalue weighted by Gasteiger charge is 2.36. The van der Waals surface area contributed by atoms with Crippen molar-refractivity contribution in [3.63, 3.8) is 0 Å². The molecule has 0 aliphatic carbocycles. The number of carbonyl (C=O) groups excluding carboxylic acids is 1. The van der Waals surface area contributed by atoms with E-state index in [1.54, 1.807) is 48.5 Å². The molecule has 1 unspecified atom stereocenters. The van der Waals surface area contributed by atoms with E-state index in [1.165, 1.54) is 12.1 Å². The number of anilines is 1. The summed E-state index contributed by atoms with van der Waals surface area (Å²) in [6, 6.07) is 24.0. The Balaban J connectivity index is 1.97. The molecule has 0 saturated heterocycles. The van der Waals surface area contributed by atoms with Crippen molar-refractivity contribution in [2.75, 3.05) is 5.32 Å². The predicted octanol–water partition coefficient (Wildman–Crippen LogP) is 4.09. The lowest BCUT2D eigenvalue weighted by Crippen LogP contribution is -2.39. The summed E-state index contributed by atoms with van der Waals surface area (Å²) in [6.45, 7) is 0. The van der Waals surface area contributed by atoms with Gasteiger partial charge in [-0.25, -0.2) is 0 Å². The Bertz CT molecular complexity index is 1100. The van der Waals surface area contributed by atoms with E-state index >= 15 is 0 Å². The Morgan fingerprint density at radius 3 is 2.25 bits per heavy atom. The lowest BCUT2D eigenvalue weighted by Gasteiger charge is -2.22. The smallest absolute Gasteiger partial charge is 0.273 e. The number of nitriles is 1. The number of nitrogens with one attached hydrogen (secondary N) is 1. The number of nitrogens with zero attached hydrogens (tertiary/aromatic N) is 1. The summed E-state index contributed by atoms with van der Waals surface area (Å²) in [5.74, 6) is 4.82. The first-order valence-corrected chi connectivity index (χ1v) is 8.78. The number of rotatable bonds is 3. The van der Waals surface area contributed by atoms with Gasteiger partial charge in [-0.3, -0.25) is 4.79 Å². The summed E-state index contributed by atoms with van der Waals surface area (Å²) in [5, 5.41) is 23.0. The maximum absolute atomic E-state index is 13.0. The van der Waals surface area contributed by atoms with Gasteiger partial charge in [0.2, 0.25) is 5.60 Å². The second-order valence-corrected chi connectivity index (χ2v) is 6.36. The monoisotopic (exact) mass is 386 g/mol. The average Bonchev–Trinajstić information content (AvgIpc) is 2.73. The first-order valence-electron chi connectivity index (χ1n) is 8.40. The molecule has 5 heteroatoms. The number of amides is 1. The van der Waals surface area contributed by atoms with Gasteiger partial charge in [-0.1, -0.05) is 66.1 Å². The fourth-order valence-corrected chi connectivity index (χ4v) is 2.75. The van der Waals surface area contributed by atoms with Crippen LogP contribution in [0.1, 0.15) is 16.7 Å². The van der Waals surface area contributed by atoms with Crippen molar-refractivity contribution in [3.05, 3.63) is 101 Å². The minimum absolute atomic E-state index is 0.207. The molecule has 0 heterocycles. The number of halogens is 1. The largest absolute Gasteiger partial charge is 0.366 e. The van der Waals surface area contributed by atoms with Crippen LogP contribution in [0.15, 0.2) is 78.9 Å². The standard InChI is InChI=1S/C23H15ClN2O2/c24-21-15-20(12-11-18(21)16-25)26-22(27)23(28,19-9-5-2-6-10-19)14-13-17-7-3-1-4-8-17/h1-12,15,28H,(H,26,27). The third kappa shape index (κ3) is 4.22. The zero-order chi connectivity index (χ0) is 20.0. The van der Waals surface area contributed by atoms with E-state index in [9.17, 15) is 9.90 Å². The van der Waals surface area contributed by atoms with Crippen molar-refractivity contribution in [2.45, 2.75) is 5.60 Å². The Hall–Kier alpha value is -3.57. The van der Waals surface area contributed by atoms with E-state index in [1.807, 2.05) is 24.3 Å². The molecule has 136 valence electrons. The van der Waals surface area contributed by atoms with E-state index in [-0.39, 0.29) is 5.02 Å². The molecule has 0 fully saturated rings. The molecule has 0 spiro atoms. The number of hydrogen-bond acceptors (Lipinski definition) is 3. The molecule has 1 amide bonds. The lowest BCUT2D eigenvalue weighted by atomic mass is 9.92. The van der Waals surface area contributed by atoms with Crippen molar-refractivity contribution >= 4 is 23.2 Å². The van der Waals surface area contributed by atoms with Crippen LogP contribution in [0.3, 0.4) is 0 Å². The van der Waals surface area contributed by atoms with Crippen LogP contribution in [0, 0.1) is 23.2 Å². The fraction of sp³-hybridized carbons (Fsp3) is 0.0435. The Morgan fingerprint density at radius 2 is 1.64 bits per heavy atom. The second kappa shape index (κ2) is 8.41. The topological polar surface area (TPSA) is 73.1 Å². The van der Waals surface area contributed by atoms with Crippen LogP contribution in [-0.2, 0) is 10.4 Å². The summed E-state index contributed by atoms with van der Waals surface area (Å²) < 4.78 is 0. The van der Waals surface area contributed by atoms with Gasteiger partial charge >= 0.3 is 0 Å². The number of carbonyl (C=O) groups is 1. The SMILES string of the molecule is N#Cc1ccc(NC(=O)C(O)(C#Cc2ccccc2)c2ccccc2)cc1Cl. The van der Waals surface area contributed by atoms with Gasteiger partial charge in [0.05, 0.1) is 10.6 Å².